The highest BCUT2D eigenvalue weighted by molar-refractivity contribution is 5.83. The van der Waals surface area contributed by atoms with Gasteiger partial charge in [-0.1, -0.05) is 0 Å². The maximum atomic E-state index is 11.1. The third kappa shape index (κ3) is 3.30. The zero-order chi connectivity index (χ0) is 8.10. The van der Waals surface area contributed by atoms with Crippen LogP contribution in [0.2, 0.25) is 0 Å². The summed E-state index contributed by atoms with van der Waals surface area (Å²) in [7, 11) is 0. The Morgan fingerprint density at radius 3 is 2.64 bits per heavy atom. The molecule has 0 heterocycles. The Morgan fingerprint density at radius 2 is 2.09 bits per heavy atom. The van der Waals surface area contributed by atoms with Gasteiger partial charge in [-0.25, -0.2) is 0 Å². The minimum absolute atomic E-state index is 0.395. The second-order valence-corrected chi connectivity index (χ2v) is 3.15. The number of aldehydes is 1. The van der Waals surface area contributed by atoms with Crippen LogP contribution < -0.4 is 0 Å². The molecule has 2 nitrogen and oxygen atoms in total. The van der Waals surface area contributed by atoms with E-state index in [1.165, 1.54) is 0 Å². The van der Waals surface area contributed by atoms with Crippen LogP contribution in [-0.4, -0.2) is 12.1 Å². The molecule has 11 heavy (non-hydrogen) atoms. The molecule has 0 aromatic heterocycles. The van der Waals surface area contributed by atoms with E-state index < -0.39 is 0 Å². The van der Waals surface area contributed by atoms with Crippen molar-refractivity contribution in [2.24, 2.45) is 5.92 Å². The molecule has 0 amide bonds. The third-order valence-corrected chi connectivity index (χ3v) is 2.03. The molecule has 1 fully saturated rings. The number of Topliss-reactive ketones (excluding diaryl/α,β-unsaturated/α-hetero) is 1. The van der Waals surface area contributed by atoms with E-state index >= 15 is 0 Å². The second kappa shape index (κ2) is 4.27. The summed E-state index contributed by atoms with van der Waals surface area (Å²) in [5, 5.41) is 0. The second-order valence-electron chi connectivity index (χ2n) is 3.15. The van der Waals surface area contributed by atoms with Crippen molar-refractivity contribution < 1.29 is 9.59 Å². The molecule has 0 radical (unpaired) electrons. The number of rotatable bonds is 6. The smallest absolute Gasteiger partial charge is 0.135 e. The molecule has 0 bridgehead atoms. The Bertz CT molecular complexity index is 148. The summed E-state index contributed by atoms with van der Waals surface area (Å²) in [5.74, 6) is 0.808. The van der Waals surface area contributed by atoms with Gasteiger partial charge in [0.15, 0.2) is 0 Å². The zero-order valence-corrected chi connectivity index (χ0v) is 6.71. The van der Waals surface area contributed by atoms with Crippen molar-refractivity contribution in [3.05, 3.63) is 0 Å². The molecule has 0 aliphatic heterocycles. The monoisotopic (exact) mass is 154 g/mol. The number of unbranched alkanes of at least 4 members (excludes halogenated alkanes) is 2. The standard InChI is InChI=1S/C9H14O2/c10-7-3-1-2-4-9(11)8-5-6-8/h7-8H,1-6H2. The highest BCUT2D eigenvalue weighted by Crippen LogP contribution is 2.31. The highest BCUT2D eigenvalue weighted by atomic mass is 16.1. The molecular weight excluding hydrogens is 140 g/mol. The van der Waals surface area contributed by atoms with E-state index in [-0.39, 0.29) is 0 Å². The summed E-state index contributed by atoms with van der Waals surface area (Å²) in [5.41, 5.74) is 0. The Balaban J connectivity index is 1.93. The van der Waals surface area contributed by atoms with E-state index in [1.54, 1.807) is 0 Å². The Kier molecular flexibility index (Phi) is 3.27. The molecule has 0 aromatic carbocycles. The van der Waals surface area contributed by atoms with Crippen LogP contribution in [0.3, 0.4) is 0 Å². The normalized spacial score (nSPS) is 16.4. The van der Waals surface area contributed by atoms with Gasteiger partial charge in [-0.2, -0.15) is 0 Å². The van der Waals surface area contributed by atoms with E-state index in [0.717, 1.165) is 32.0 Å². The highest BCUT2D eigenvalue weighted by Gasteiger charge is 2.28. The van der Waals surface area contributed by atoms with Crippen molar-refractivity contribution in [2.75, 3.05) is 0 Å². The average Bonchev–Trinajstić information content (AvgIpc) is 2.79. The molecular formula is C9H14O2. The zero-order valence-electron chi connectivity index (χ0n) is 6.71. The maximum absolute atomic E-state index is 11.1. The lowest BCUT2D eigenvalue weighted by Gasteiger charge is -1.95. The first-order chi connectivity index (χ1) is 5.34. The molecule has 0 atom stereocenters. The van der Waals surface area contributed by atoms with Crippen molar-refractivity contribution in [3.8, 4) is 0 Å². The van der Waals surface area contributed by atoms with Gasteiger partial charge >= 0.3 is 0 Å². The quantitative estimate of drug-likeness (QED) is 0.431. The lowest BCUT2D eigenvalue weighted by molar-refractivity contribution is -0.120. The van der Waals surface area contributed by atoms with Crippen LogP contribution in [0.5, 0.6) is 0 Å². The molecule has 0 saturated heterocycles. The van der Waals surface area contributed by atoms with Gasteiger partial charge in [0.05, 0.1) is 0 Å². The fourth-order valence-electron chi connectivity index (χ4n) is 1.14. The van der Waals surface area contributed by atoms with Gasteiger partial charge in [-0.3, -0.25) is 4.79 Å². The summed E-state index contributed by atoms with van der Waals surface area (Å²) in [6.45, 7) is 0. The first kappa shape index (κ1) is 8.44. The molecule has 62 valence electrons. The van der Waals surface area contributed by atoms with Crippen LogP contribution in [0, 0.1) is 5.92 Å². The van der Waals surface area contributed by atoms with Crippen LogP contribution >= 0.6 is 0 Å². The van der Waals surface area contributed by atoms with Crippen molar-refractivity contribution in [3.63, 3.8) is 0 Å². The Hall–Kier alpha value is -0.660. The average molecular weight is 154 g/mol. The van der Waals surface area contributed by atoms with Crippen LogP contribution in [0.25, 0.3) is 0 Å². The maximum Gasteiger partial charge on any atom is 0.135 e. The van der Waals surface area contributed by atoms with Gasteiger partial charge in [0, 0.05) is 18.8 Å². The van der Waals surface area contributed by atoms with E-state index in [4.69, 9.17) is 0 Å². The Morgan fingerprint density at radius 1 is 1.36 bits per heavy atom. The van der Waals surface area contributed by atoms with Gasteiger partial charge in [0.2, 0.25) is 0 Å². The van der Waals surface area contributed by atoms with E-state index in [2.05, 4.69) is 0 Å². The molecule has 0 N–H and O–H groups in total. The molecule has 0 aromatic rings. The molecule has 1 saturated carbocycles. The molecule has 1 aliphatic carbocycles. The van der Waals surface area contributed by atoms with E-state index in [9.17, 15) is 9.59 Å². The Labute approximate surface area is 67.0 Å². The number of ketones is 1. The summed E-state index contributed by atoms with van der Waals surface area (Å²) in [6.07, 6.45) is 6.20. The first-order valence-electron chi connectivity index (χ1n) is 4.31. The van der Waals surface area contributed by atoms with Crippen molar-refractivity contribution >= 4 is 12.1 Å². The molecule has 2 heteroatoms. The van der Waals surface area contributed by atoms with Crippen molar-refractivity contribution in [2.45, 2.75) is 38.5 Å². The predicted molar refractivity (Wildman–Crippen MR) is 42.3 cm³/mol. The van der Waals surface area contributed by atoms with Gasteiger partial charge in [0.25, 0.3) is 0 Å². The fourth-order valence-corrected chi connectivity index (χ4v) is 1.14. The topological polar surface area (TPSA) is 34.1 Å². The minimum atomic E-state index is 0.395. The van der Waals surface area contributed by atoms with Gasteiger partial charge in [-0.15, -0.1) is 0 Å². The van der Waals surface area contributed by atoms with Crippen LogP contribution in [0.4, 0.5) is 0 Å². The third-order valence-electron chi connectivity index (χ3n) is 2.03. The summed E-state index contributed by atoms with van der Waals surface area (Å²) in [4.78, 5) is 21.0. The van der Waals surface area contributed by atoms with Gasteiger partial charge in [0.1, 0.15) is 12.1 Å². The van der Waals surface area contributed by atoms with E-state index in [0.29, 0.717) is 24.5 Å². The number of hydrogen-bond acceptors (Lipinski definition) is 2. The summed E-state index contributed by atoms with van der Waals surface area (Å²) >= 11 is 0. The van der Waals surface area contributed by atoms with Crippen molar-refractivity contribution in [1.82, 2.24) is 0 Å². The fraction of sp³-hybridized carbons (Fsp3) is 0.778. The first-order valence-corrected chi connectivity index (χ1v) is 4.31. The summed E-state index contributed by atoms with van der Waals surface area (Å²) < 4.78 is 0. The van der Waals surface area contributed by atoms with E-state index in [1.807, 2.05) is 0 Å². The largest absolute Gasteiger partial charge is 0.303 e. The molecule has 0 spiro atoms. The van der Waals surface area contributed by atoms with Crippen LogP contribution in [-0.2, 0) is 9.59 Å². The molecule has 0 unspecified atom stereocenters. The molecule has 1 rings (SSSR count). The van der Waals surface area contributed by atoms with Crippen LogP contribution in [0.1, 0.15) is 38.5 Å². The lowest BCUT2D eigenvalue weighted by atomic mass is 10.1. The lowest BCUT2D eigenvalue weighted by Crippen LogP contribution is -1.99. The summed E-state index contributed by atoms with van der Waals surface area (Å²) in [6, 6.07) is 0. The van der Waals surface area contributed by atoms with Gasteiger partial charge in [-0.05, 0) is 25.7 Å². The molecule has 1 aliphatic rings. The van der Waals surface area contributed by atoms with Crippen LogP contribution in [0.15, 0.2) is 0 Å². The number of carbonyl (C=O) groups is 2. The SMILES string of the molecule is O=CCCCCC(=O)C1CC1. The number of carbonyl (C=O) groups excluding carboxylic acids is 2. The predicted octanol–water partition coefficient (Wildman–Crippen LogP) is 1.72. The number of hydrogen-bond donors (Lipinski definition) is 0. The van der Waals surface area contributed by atoms with Gasteiger partial charge < -0.3 is 4.79 Å². The minimum Gasteiger partial charge on any atom is -0.303 e. The van der Waals surface area contributed by atoms with Crippen molar-refractivity contribution in [1.29, 1.82) is 0 Å².